The molecular weight excluding hydrogens is 254 g/mol. The third-order valence-corrected chi connectivity index (χ3v) is 3.84. The van der Waals surface area contributed by atoms with E-state index in [1.807, 2.05) is 25.1 Å². The lowest BCUT2D eigenvalue weighted by Gasteiger charge is -2.36. The maximum atomic E-state index is 12.5. The van der Waals surface area contributed by atoms with Crippen molar-refractivity contribution in [1.29, 1.82) is 0 Å². The smallest absolute Gasteiger partial charge is 0.289 e. The van der Waals surface area contributed by atoms with Crippen molar-refractivity contribution in [2.24, 2.45) is 0 Å². The van der Waals surface area contributed by atoms with Crippen molar-refractivity contribution in [2.45, 2.75) is 32.3 Å². The lowest BCUT2D eigenvalue weighted by atomic mass is 9.95. The number of aliphatic hydroxyl groups is 1. The van der Waals surface area contributed by atoms with Gasteiger partial charge in [0.15, 0.2) is 5.76 Å². The summed E-state index contributed by atoms with van der Waals surface area (Å²) in [5, 5.41) is 11.0. The zero-order valence-corrected chi connectivity index (χ0v) is 11.8. The van der Waals surface area contributed by atoms with E-state index < -0.39 is 5.60 Å². The van der Waals surface area contributed by atoms with E-state index in [2.05, 4.69) is 0 Å². The molecule has 1 aromatic heterocycles. The number of hydrogen-bond donors (Lipinski definition) is 1. The third kappa shape index (κ3) is 2.43. The molecule has 4 nitrogen and oxygen atoms in total. The van der Waals surface area contributed by atoms with E-state index in [1.54, 1.807) is 17.9 Å². The van der Waals surface area contributed by atoms with Gasteiger partial charge in [-0.15, -0.1) is 0 Å². The molecule has 4 heteroatoms. The second-order valence-electron chi connectivity index (χ2n) is 5.98. The average molecular weight is 273 g/mol. The van der Waals surface area contributed by atoms with Gasteiger partial charge in [0.25, 0.3) is 5.91 Å². The second-order valence-corrected chi connectivity index (χ2v) is 5.98. The van der Waals surface area contributed by atoms with Crippen molar-refractivity contribution in [3.05, 3.63) is 35.6 Å². The Labute approximate surface area is 118 Å². The average Bonchev–Trinajstić information content (AvgIpc) is 2.79. The molecule has 2 heterocycles. The van der Waals surface area contributed by atoms with Crippen LogP contribution in [-0.2, 0) is 0 Å². The number of amides is 1. The van der Waals surface area contributed by atoms with Crippen LogP contribution >= 0.6 is 0 Å². The SMILES string of the molecule is Cc1ccc2oc(C(=O)N3CCCC(C)(O)C3)cc2c1. The first-order valence-corrected chi connectivity index (χ1v) is 6.96. The van der Waals surface area contributed by atoms with E-state index in [9.17, 15) is 9.90 Å². The largest absolute Gasteiger partial charge is 0.451 e. The summed E-state index contributed by atoms with van der Waals surface area (Å²) >= 11 is 0. The molecule has 1 fully saturated rings. The molecular formula is C16H19NO3. The van der Waals surface area contributed by atoms with Crippen LogP contribution in [0.25, 0.3) is 11.0 Å². The number of benzene rings is 1. The number of fused-ring (bicyclic) bond motifs is 1. The second kappa shape index (κ2) is 4.63. The number of carbonyl (C=O) groups excluding carboxylic acids is 1. The number of aryl methyl sites for hydroxylation is 1. The van der Waals surface area contributed by atoms with E-state index in [0.717, 1.165) is 29.4 Å². The minimum Gasteiger partial charge on any atom is -0.451 e. The number of piperidine rings is 1. The fraction of sp³-hybridized carbons (Fsp3) is 0.438. The van der Waals surface area contributed by atoms with Gasteiger partial charge in [-0.2, -0.15) is 0 Å². The molecule has 1 saturated heterocycles. The fourth-order valence-electron chi connectivity index (χ4n) is 2.82. The Morgan fingerprint density at radius 1 is 1.40 bits per heavy atom. The Hall–Kier alpha value is -1.81. The highest BCUT2D eigenvalue weighted by Crippen LogP contribution is 2.25. The first-order valence-electron chi connectivity index (χ1n) is 6.96. The highest BCUT2D eigenvalue weighted by molar-refractivity contribution is 5.96. The van der Waals surface area contributed by atoms with Gasteiger partial charge in [0.2, 0.25) is 0 Å². The maximum Gasteiger partial charge on any atom is 0.289 e. The standard InChI is InChI=1S/C16H19NO3/c1-11-4-5-13-12(8-11)9-14(20-13)15(18)17-7-3-6-16(2,19)10-17/h4-5,8-9,19H,3,6-7,10H2,1-2H3. The Morgan fingerprint density at radius 3 is 2.95 bits per heavy atom. The molecule has 0 aliphatic carbocycles. The number of likely N-dealkylation sites (tertiary alicyclic amines) is 1. The molecule has 0 spiro atoms. The molecule has 3 rings (SSSR count). The summed E-state index contributed by atoms with van der Waals surface area (Å²) in [6, 6.07) is 7.63. The minimum absolute atomic E-state index is 0.140. The van der Waals surface area contributed by atoms with Crippen molar-refractivity contribution in [1.82, 2.24) is 4.90 Å². The summed E-state index contributed by atoms with van der Waals surface area (Å²) in [5.41, 5.74) is 1.07. The lowest BCUT2D eigenvalue weighted by Crippen LogP contribution is -2.48. The molecule has 1 unspecified atom stereocenters. The number of hydrogen-bond acceptors (Lipinski definition) is 3. The third-order valence-electron chi connectivity index (χ3n) is 3.84. The van der Waals surface area contributed by atoms with Crippen molar-refractivity contribution in [3.8, 4) is 0 Å². The predicted molar refractivity (Wildman–Crippen MR) is 76.7 cm³/mol. The van der Waals surface area contributed by atoms with Gasteiger partial charge in [-0.1, -0.05) is 11.6 Å². The molecule has 0 radical (unpaired) electrons. The van der Waals surface area contributed by atoms with Crippen LogP contribution < -0.4 is 0 Å². The Balaban J connectivity index is 1.88. The number of nitrogens with zero attached hydrogens (tertiary/aromatic N) is 1. The van der Waals surface area contributed by atoms with E-state index in [-0.39, 0.29) is 5.91 Å². The van der Waals surface area contributed by atoms with Crippen LogP contribution in [0.3, 0.4) is 0 Å². The van der Waals surface area contributed by atoms with Crippen molar-refractivity contribution in [3.63, 3.8) is 0 Å². The van der Waals surface area contributed by atoms with Crippen LogP contribution in [0.2, 0.25) is 0 Å². The molecule has 20 heavy (non-hydrogen) atoms. The van der Waals surface area contributed by atoms with Crippen LogP contribution in [0.15, 0.2) is 28.7 Å². The normalized spacial score (nSPS) is 23.2. The van der Waals surface area contributed by atoms with Gasteiger partial charge < -0.3 is 14.4 Å². The van der Waals surface area contributed by atoms with Gasteiger partial charge in [-0.3, -0.25) is 4.79 Å². The summed E-state index contributed by atoms with van der Waals surface area (Å²) in [4.78, 5) is 14.1. The van der Waals surface area contributed by atoms with Crippen molar-refractivity contribution in [2.75, 3.05) is 13.1 Å². The number of furan rings is 1. The number of rotatable bonds is 1. The molecule has 2 aromatic rings. The van der Waals surface area contributed by atoms with Crippen molar-refractivity contribution < 1.29 is 14.3 Å². The summed E-state index contributed by atoms with van der Waals surface area (Å²) in [7, 11) is 0. The molecule has 0 saturated carbocycles. The van der Waals surface area contributed by atoms with E-state index >= 15 is 0 Å². The first-order chi connectivity index (χ1) is 9.44. The fourth-order valence-corrected chi connectivity index (χ4v) is 2.82. The zero-order chi connectivity index (χ0) is 14.3. The molecule has 106 valence electrons. The van der Waals surface area contributed by atoms with Gasteiger partial charge in [-0.05, 0) is 44.9 Å². The first kappa shape index (κ1) is 13.2. The zero-order valence-electron chi connectivity index (χ0n) is 11.8. The highest BCUT2D eigenvalue weighted by Gasteiger charge is 2.32. The quantitative estimate of drug-likeness (QED) is 0.869. The van der Waals surface area contributed by atoms with E-state index in [1.165, 1.54) is 0 Å². The molecule has 1 N–H and O–H groups in total. The Kier molecular flexibility index (Phi) is 3.05. The molecule has 1 atom stereocenters. The monoisotopic (exact) mass is 273 g/mol. The van der Waals surface area contributed by atoms with Gasteiger partial charge >= 0.3 is 0 Å². The van der Waals surface area contributed by atoms with E-state index in [0.29, 0.717) is 18.8 Å². The number of β-amino-alcohol motifs (C(OH)–C–C–N with tert-alkyl or cyclic N) is 1. The van der Waals surface area contributed by atoms with Crippen molar-refractivity contribution >= 4 is 16.9 Å². The molecule has 0 bridgehead atoms. The summed E-state index contributed by atoms with van der Waals surface area (Å²) < 4.78 is 5.63. The predicted octanol–water partition coefficient (Wildman–Crippen LogP) is 2.73. The maximum absolute atomic E-state index is 12.5. The topological polar surface area (TPSA) is 53.7 Å². The Morgan fingerprint density at radius 2 is 2.20 bits per heavy atom. The van der Waals surface area contributed by atoms with Gasteiger partial charge in [0.1, 0.15) is 5.58 Å². The molecule has 1 aliphatic heterocycles. The summed E-state index contributed by atoms with van der Waals surface area (Å²) in [6.45, 7) is 4.82. The molecule has 1 aliphatic rings. The van der Waals surface area contributed by atoms with Crippen LogP contribution in [0, 0.1) is 6.92 Å². The molecule has 1 aromatic carbocycles. The molecule has 1 amide bonds. The highest BCUT2D eigenvalue weighted by atomic mass is 16.3. The van der Waals surface area contributed by atoms with E-state index in [4.69, 9.17) is 4.42 Å². The van der Waals surface area contributed by atoms with Gasteiger partial charge in [0, 0.05) is 18.5 Å². The number of carbonyl (C=O) groups is 1. The van der Waals surface area contributed by atoms with Crippen LogP contribution in [0.4, 0.5) is 0 Å². The summed E-state index contributed by atoms with van der Waals surface area (Å²) in [6.07, 6.45) is 1.55. The lowest BCUT2D eigenvalue weighted by molar-refractivity contribution is -0.0116. The summed E-state index contributed by atoms with van der Waals surface area (Å²) in [5.74, 6) is 0.210. The van der Waals surface area contributed by atoms with Gasteiger partial charge in [-0.25, -0.2) is 0 Å². The van der Waals surface area contributed by atoms with Crippen LogP contribution in [0.1, 0.15) is 35.9 Å². The van der Waals surface area contributed by atoms with Gasteiger partial charge in [0.05, 0.1) is 5.60 Å². The van der Waals surface area contributed by atoms with Crippen LogP contribution in [-0.4, -0.2) is 34.6 Å². The Bertz CT molecular complexity index is 657. The van der Waals surface area contributed by atoms with Crippen LogP contribution in [0.5, 0.6) is 0 Å². The minimum atomic E-state index is -0.795.